The summed E-state index contributed by atoms with van der Waals surface area (Å²) < 4.78 is 25.9. The van der Waals surface area contributed by atoms with Crippen molar-refractivity contribution in [1.82, 2.24) is 4.31 Å². The van der Waals surface area contributed by atoms with Crippen LogP contribution < -0.4 is 5.32 Å². The Bertz CT molecular complexity index is 631. The summed E-state index contributed by atoms with van der Waals surface area (Å²) >= 11 is 1.60. The van der Waals surface area contributed by atoms with E-state index in [1.54, 1.807) is 11.8 Å². The number of sulfonamides is 1. The topological polar surface area (TPSA) is 66.5 Å². The third-order valence-corrected chi connectivity index (χ3v) is 6.46. The average molecular weight is 342 g/mol. The highest BCUT2D eigenvalue weighted by molar-refractivity contribution is 7.98. The van der Waals surface area contributed by atoms with Crippen molar-refractivity contribution in [3.8, 4) is 0 Å². The summed E-state index contributed by atoms with van der Waals surface area (Å²) in [5.74, 6) is -0.144. The molecule has 1 aromatic rings. The van der Waals surface area contributed by atoms with Gasteiger partial charge in [0.2, 0.25) is 15.9 Å². The summed E-state index contributed by atoms with van der Waals surface area (Å²) in [6, 6.07) is 6.96. The van der Waals surface area contributed by atoms with Crippen molar-refractivity contribution in [2.75, 3.05) is 23.9 Å². The number of benzene rings is 1. The minimum atomic E-state index is -3.34. The molecule has 1 aromatic carbocycles. The Hall–Kier alpha value is -1.05. The molecule has 7 heteroatoms. The van der Waals surface area contributed by atoms with Crippen LogP contribution in [0, 0.1) is 0 Å². The number of hydrogen-bond acceptors (Lipinski definition) is 4. The molecular formula is C15H22N2O3S2. The van der Waals surface area contributed by atoms with E-state index in [0.717, 1.165) is 11.3 Å². The van der Waals surface area contributed by atoms with Gasteiger partial charge < -0.3 is 5.32 Å². The molecule has 1 saturated heterocycles. The van der Waals surface area contributed by atoms with Crippen LogP contribution in [0.4, 0.5) is 5.69 Å². The quantitative estimate of drug-likeness (QED) is 0.807. The first-order valence-corrected chi connectivity index (χ1v) is 10.3. The summed E-state index contributed by atoms with van der Waals surface area (Å²) in [6.45, 7) is 2.27. The van der Waals surface area contributed by atoms with Gasteiger partial charge in [0.1, 0.15) is 6.04 Å². The van der Waals surface area contributed by atoms with Crippen molar-refractivity contribution in [2.45, 2.75) is 37.1 Å². The van der Waals surface area contributed by atoms with Crippen molar-refractivity contribution in [3.05, 3.63) is 24.3 Å². The largest absolute Gasteiger partial charge is 0.325 e. The summed E-state index contributed by atoms with van der Waals surface area (Å²) in [6.07, 6.45) is 3.84. The van der Waals surface area contributed by atoms with Crippen LogP contribution in [0.25, 0.3) is 0 Å². The Morgan fingerprint density at radius 1 is 1.45 bits per heavy atom. The molecule has 1 aliphatic rings. The third kappa shape index (κ3) is 4.02. The first-order valence-electron chi connectivity index (χ1n) is 7.42. The molecule has 1 N–H and O–H groups in total. The van der Waals surface area contributed by atoms with E-state index in [-0.39, 0.29) is 11.7 Å². The lowest BCUT2D eigenvalue weighted by atomic mass is 10.2. The van der Waals surface area contributed by atoms with Crippen LogP contribution in [0.15, 0.2) is 29.2 Å². The van der Waals surface area contributed by atoms with E-state index in [1.807, 2.05) is 37.4 Å². The van der Waals surface area contributed by atoms with Crippen molar-refractivity contribution in [1.29, 1.82) is 0 Å². The van der Waals surface area contributed by atoms with E-state index in [1.165, 1.54) is 4.31 Å². The summed E-state index contributed by atoms with van der Waals surface area (Å²) in [5, 5.41) is 2.84. The number of nitrogens with one attached hydrogen (secondary N) is 1. The molecule has 1 heterocycles. The van der Waals surface area contributed by atoms with E-state index in [4.69, 9.17) is 0 Å². The van der Waals surface area contributed by atoms with Crippen LogP contribution in [0.2, 0.25) is 0 Å². The lowest BCUT2D eigenvalue weighted by molar-refractivity contribution is -0.119. The van der Waals surface area contributed by atoms with E-state index in [9.17, 15) is 13.2 Å². The molecule has 0 saturated carbocycles. The van der Waals surface area contributed by atoms with Gasteiger partial charge in [0, 0.05) is 17.1 Å². The second-order valence-electron chi connectivity index (χ2n) is 5.31. The van der Waals surface area contributed by atoms with Gasteiger partial charge in [0.25, 0.3) is 0 Å². The zero-order valence-electron chi connectivity index (χ0n) is 12.9. The van der Waals surface area contributed by atoms with Crippen LogP contribution in [0.3, 0.4) is 0 Å². The molecule has 1 atom stereocenters. The molecule has 0 aliphatic carbocycles. The van der Waals surface area contributed by atoms with Crippen LogP contribution in [-0.2, 0) is 14.8 Å². The molecule has 1 unspecified atom stereocenters. The second kappa shape index (κ2) is 7.48. The molecule has 5 nitrogen and oxygen atoms in total. The Labute approximate surface area is 136 Å². The lowest BCUT2D eigenvalue weighted by Crippen LogP contribution is -2.44. The Balaban J connectivity index is 2.11. The van der Waals surface area contributed by atoms with E-state index in [2.05, 4.69) is 5.32 Å². The van der Waals surface area contributed by atoms with Gasteiger partial charge in [-0.1, -0.05) is 13.0 Å². The minimum Gasteiger partial charge on any atom is -0.325 e. The first-order chi connectivity index (χ1) is 10.5. The fourth-order valence-corrected chi connectivity index (χ4v) is 4.84. The lowest BCUT2D eigenvalue weighted by Gasteiger charge is -2.23. The fourth-order valence-electron chi connectivity index (χ4n) is 2.64. The number of amides is 1. The zero-order chi connectivity index (χ0) is 16.2. The predicted molar refractivity (Wildman–Crippen MR) is 90.7 cm³/mol. The number of hydrogen-bond donors (Lipinski definition) is 1. The maximum atomic E-state index is 12.5. The van der Waals surface area contributed by atoms with Gasteiger partial charge >= 0.3 is 0 Å². The number of thioether (sulfide) groups is 1. The Morgan fingerprint density at radius 3 is 2.91 bits per heavy atom. The van der Waals surface area contributed by atoms with Gasteiger partial charge in [-0.15, -0.1) is 11.8 Å². The molecule has 0 bridgehead atoms. The van der Waals surface area contributed by atoms with Gasteiger partial charge in [0.05, 0.1) is 5.75 Å². The molecular weight excluding hydrogens is 320 g/mol. The fraction of sp³-hybridized carbons (Fsp3) is 0.533. The number of rotatable bonds is 6. The highest BCUT2D eigenvalue weighted by atomic mass is 32.2. The Kier molecular flexibility index (Phi) is 5.88. The highest BCUT2D eigenvalue weighted by Gasteiger charge is 2.37. The summed E-state index contributed by atoms with van der Waals surface area (Å²) in [4.78, 5) is 13.5. The number of nitrogens with zero attached hydrogens (tertiary/aromatic N) is 1. The molecule has 1 fully saturated rings. The van der Waals surface area contributed by atoms with Crippen LogP contribution in [0.5, 0.6) is 0 Å². The molecule has 122 valence electrons. The third-order valence-electron chi connectivity index (χ3n) is 3.66. The van der Waals surface area contributed by atoms with Crippen molar-refractivity contribution in [2.24, 2.45) is 0 Å². The molecule has 22 heavy (non-hydrogen) atoms. The van der Waals surface area contributed by atoms with Crippen LogP contribution in [-0.4, -0.2) is 43.2 Å². The number of anilines is 1. The van der Waals surface area contributed by atoms with E-state index in [0.29, 0.717) is 25.1 Å². The van der Waals surface area contributed by atoms with E-state index < -0.39 is 16.1 Å². The van der Waals surface area contributed by atoms with Crippen LogP contribution >= 0.6 is 11.8 Å². The molecule has 0 spiro atoms. The van der Waals surface area contributed by atoms with Crippen LogP contribution in [0.1, 0.15) is 26.2 Å². The second-order valence-corrected chi connectivity index (χ2v) is 8.23. The van der Waals surface area contributed by atoms with Gasteiger partial charge in [0.15, 0.2) is 0 Å². The molecule has 0 aromatic heterocycles. The normalized spacial score (nSPS) is 19.3. The first kappa shape index (κ1) is 17.3. The molecule has 0 radical (unpaired) electrons. The number of carbonyl (C=O) groups excluding carboxylic acids is 1. The molecule has 1 amide bonds. The average Bonchev–Trinajstić information content (AvgIpc) is 2.98. The maximum absolute atomic E-state index is 12.5. The smallest absolute Gasteiger partial charge is 0.242 e. The maximum Gasteiger partial charge on any atom is 0.242 e. The monoisotopic (exact) mass is 342 g/mol. The standard InChI is InChI=1S/C15H22N2O3S2/c1-3-10-22(19,20)17-9-5-8-14(17)15(18)16-12-6-4-7-13(11-12)21-2/h4,6-7,11,14H,3,5,8-10H2,1-2H3,(H,16,18). The molecule has 1 aliphatic heterocycles. The highest BCUT2D eigenvalue weighted by Crippen LogP contribution is 2.24. The van der Waals surface area contributed by atoms with Crippen molar-refractivity contribution in [3.63, 3.8) is 0 Å². The number of carbonyl (C=O) groups is 1. The predicted octanol–water partition coefficient (Wildman–Crippen LogP) is 2.55. The zero-order valence-corrected chi connectivity index (χ0v) is 14.5. The SMILES string of the molecule is CCCS(=O)(=O)N1CCCC1C(=O)Nc1cccc(SC)c1. The van der Waals surface area contributed by atoms with E-state index >= 15 is 0 Å². The van der Waals surface area contributed by atoms with Crippen molar-refractivity contribution < 1.29 is 13.2 Å². The van der Waals surface area contributed by atoms with Gasteiger partial charge in [-0.3, -0.25) is 4.79 Å². The van der Waals surface area contributed by atoms with Gasteiger partial charge in [-0.25, -0.2) is 8.42 Å². The summed E-state index contributed by atoms with van der Waals surface area (Å²) in [7, 11) is -3.34. The Morgan fingerprint density at radius 2 is 2.23 bits per heavy atom. The van der Waals surface area contributed by atoms with Crippen molar-refractivity contribution >= 4 is 33.4 Å². The molecule has 2 rings (SSSR count). The minimum absolute atomic E-state index is 0.0960. The van der Waals surface area contributed by atoms with Gasteiger partial charge in [-0.05, 0) is 43.7 Å². The summed E-state index contributed by atoms with van der Waals surface area (Å²) in [5.41, 5.74) is 0.705. The van der Waals surface area contributed by atoms with Gasteiger partial charge in [-0.2, -0.15) is 4.31 Å².